The highest BCUT2D eigenvalue weighted by atomic mass is 16.4. The Morgan fingerprint density at radius 1 is 0.857 bits per heavy atom. The molecule has 35 heavy (non-hydrogen) atoms. The number of carboxylic acids is 1. The van der Waals surface area contributed by atoms with E-state index in [1.54, 1.807) is 30.3 Å². The second-order valence-electron chi connectivity index (χ2n) is 7.63. The van der Waals surface area contributed by atoms with Crippen LogP contribution in [0.15, 0.2) is 35.3 Å². The van der Waals surface area contributed by atoms with Crippen molar-refractivity contribution in [2.45, 2.75) is 43.4 Å². The molecule has 0 heterocycles. The van der Waals surface area contributed by atoms with Gasteiger partial charge >= 0.3 is 5.97 Å². The summed E-state index contributed by atoms with van der Waals surface area (Å²) in [6.07, 6.45) is 0.319. The zero-order chi connectivity index (χ0) is 26.4. The molecule has 0 aromatic heterocycles. The Hall–Kier alpha value is -3.75. The quantitative estimate of drug-likeness (QED) is 0.0649. The van der Waals surface area contributed by atoms with Crippen molar-refractivity contribution >= 4 is 29.7 Å². The number of rotatable bonds is 15. The summed E-state index contributed by atoms with van der Waals surface area (Å²) in [6.45, 7) is -1.36. The first-order chi connectivity index (χ1) is 16.6. The predicted molar refractivity (Wildman–Crippen MR) is 126 cm³/mol. The Bertz CT molecular complexity index is 878. The molecule has 0 aliphatic heterocycles. The Morgan fingerprint density at radius 2 is 1.43 bits per heavy atom. The molecular formula is C21H33N7O7. The van der Waals surface area contributed by atoms with Crippen LogP contribution in [0.3, 0.4) is 0 Å². The number of carbonyl (C=O) groups is 4. The Balaban J connectivity index is 3.07. The second-order valence-corrected chi connectivity index (χ2v) is 7.63. The van der Waals surface area contributed by atoms with Gasteiger partial charge in [-0.25, -0.2) is 4.79 Å². The van der Waals surface area contributed by atoms with Crippen molar-refractivity contribution in [3.63, 3.8) is 0 Å². The molecule has 1 aromatic rings. The minimum absolute atomic E-state index is 0.0221. The van der Waals surface area contributed by atoms with Gasteiger partial charge in [0.15, 0.2) is 5.96 Å². The SMILES string of the molecule is NC(N)=NCCCC(NC(=O)C(Cc1ccccc1)NC(=O)C(N)CO)C(=O)NC(CO)C(=O)O. The van der Waals surface area contributed by atoms with Gasteiger partial charge in [0.2, 0.25) is 17.7 Å². The lowest BCUT2D eigenvalue weighted by molar-refractivity contribution is -0.143. The van der Waals surface area contributed by atoms with Crippen LogP contribution in [0.2, 0.25) is 0 Å². The Morgan fingerprint density at radius 3 is 1.97 bits per heavy atom. The third-order valence-corrected chi connectivity index (χ3v) is 4.82. The van der Waals surface area contributed by atoms with Gasteiger partial charge in [-0.15, -0.1) is 0 Å². The molecule has 4 atom stereocenters. The summed E-state index contributed by atoms with van der Waals surface area (Å²) >= 11 is 0. The topological polar surface area (TPSA) is 255 Å². The average molecular weight is 496 g/mol. The third kappa shape index (κ3) is 10.8. The van der Waals surface area contributed by atoms with Gasteiger partial charge in [0.25, 0.3) is 0 Å². The molecule has 0 aliphatic rings. The van der Waals surface area contributed by atoms with E-state index in [-0.39, 0.29) is 31.8 Å². The molecule has 0 spiro atoms. The Labute approximate surface area is 201 Å². The van der Waals surface area contributed by atoms with Gasteiger partial charge in [0.05, 0.1) is 13.2 Å². The molecule has 0 fully saturated rings. The number of aliphatic hydroxyl groups is 2. The zero-order valence-electron chi connectivity index (χ0n) is 19.1. The number of carbonyl (C=O) groups excluding carboxylic acids is 3. The van der Waals surface area contributed by atoms with Gasteiger partial charge in [0, 0.05) is 13.0 Å². The van der Waals surface area contributed by atoms with Gasteiger partial charge in [0.1, 0.15) is 24.2 Å². The number of nitrogens with one attached hydrogen (secondary N) is 3. The number of amides is 3. The van der Waals surface area contributed by atoms with Crippen molar-refractivity contribution in [3.8, 4) is 0 Å². The van der Waals surface area contributed by atoms with E-state index >= 15 is 0 Å². The van der Waals surface area contributed by atoms with Crippen molar-refractivity contribution in [2.75, 3.05) is 19.8 Å². The molecule has 1 aromatic carbocycles. The molecule has 194 valence electrons. The highest BCUT2D eigenvalue weighted by molar-refractivity contribution is 5.94. The zero-order valence-corrected chi connectivity index (χ0v) is 19.1. The van der Waals surface area contributed by atoms with Crippen LogP contribution in [-0.2, 0) is 25.6 Å². The van der Waals surface area contributed by atoms with Gasteiger partial charge in [-0.3, -0.25) is 19.4 Å². The van der Waals surface area contributed by atoms with Crippen LogP contribution in [-0.4, -0.2) is 88.9 Å². The first-order valence-corrected chi connectivity index (χ1v) is 10.8. The summed E-state index contributed by atoms with van der Waals surface area (Å²) in [5, 5.41) is 34.5. The van der Waals surface area contributed by atoms with Gasteiger partial charge in [-0.1, -0.05) is 30.3 Å². The van der Waals surface area contributed by atoms with Crippen molar-refractivity contribution in [2.24, 2.45) is 22.2 Å². The molecule has 0 saturated heterocycles. The van der Waals surface area contributed by atoms with E-state index in [9.17, 15) is 24.3 Å². The van der Waals surface area contributed by atoms with Crippen LogP contribution in [0.5, 0.6) is 0 Å². The number of aliphatic carboxylic acids is 1. The highest BCUT2D eigenvalue weighted by Gasteiger charge is 2.30. The molecule has 3 amide bonds. The number of hydrogen-bond acceptors (Lipinski definition) is 8. The van der Waals surface area contributed by atoms with Crippen molar-refractivity contribution in [1.82, 2.24) is 16.0 Å². The summed E-state index contributed by atoms with van der Waals surface area (Å²) in [5.41, 5.74) is 16.8. The lowest BCUT2D eigenvalue weighted by atomic mass is 10.0. The molecule has 1 rings (SSSR count). The fourth-order valence-corrected chi connectivity index (χ4v) is 2.92. The van der Waals surface area contributed by atoms with E-state index in [0.29, 0.717) is 5.56 Å². The standard InChI is InChI=1S/C21H33N7O7/c22-13(10-29)17(31)27-15(9-12-5-2-1-3-6-12)19(33)26-14(7-4-8-25-21(23)24)18(32)28-16(11-30)20(34)35/h1-3,5-6,13-16,29-30H,4,7-11,22H2,(H,26,33)(H,27,31)(H,28,32)(H,34,35)(H4,23,24,25). The van der Waals surface area contributed by atoms with Crippen LogP contribution in [0.1, 0.15) is 18.4 Å². The molecule has 0 radical (unpaired) electrons. The predicted octanol–water partition coefficient (Wildman–Crippen LogP) is -3.87. The molecule has 0 saturated carbocycles. The largest absolute Gasteiger partial charge is 0.480 e. The number of benzene rings is 1. The lowest BCUT2D eigenvalue weighted by Crippen LogP contribution is -2.58. The van der Waals surface area contributed by atoms with E-state index in [1.807, 2.05) is 0 Å². The molecule has 14 nitrogen and oxygen atoms in total. The van der Waals surface area contributed by atoms with Crippen molar-refractivity contribution in [3.05, 3.63) is 35.9 Å². The number of hydrogen-bond donors (Lipinski definition) is 9. The summed E-state index contributed by atoms with van der Waals surface area (Å²) < 4.78 is 0. The number of aliphatic hydroxyl groups excluding tert-OH is 2. The average Bonchev–Trinajstić information content (AvgIpc) is 2.83. The fourth-order valence-electron chi connectivity index (χ4n) is 2.92. The second kappa shape index (κ2) is 15.2. The van der Waals surface area contributed by atoms with Gasteiger partial charge < -0.3 is 48.5 Å². The molecule has 0 bridgehead atoms. The molecule has 0 aliphatic carbocycles. The monoisotopic (exact) mass is 495 g/mol. The number of nitrogens with zero attached hydrogens (tertiary/aromatic N) is 1. The van der Waals surface area contributed by atoms with Gasteiger partial charge in [-0.05, 0) is 18.4 Å². The number of aliphatic imine (C=N–C) groups is 1. The maximum absolute atomic E-state index is 13.1. The summed E-state index contributed by atoms with van der Waals surface area (Å²) in [6, 6.07) is 3.49. The number of nitrogens with two attached hydrogens (primary N) is 3. The van der Waals surface area contributed by atoms with Crippen LogP contribution in [0, 0.1) is 0 Å². The van der Waals surface area contributed by atoms with E-state index in [2.05, 4.69) is 20.9 Å². The van der Waals surface area contributed by atoms with Gasteiger partial charge in [-0.2, -0.15) is 0 Å². The summed E-state index contributed by atoms with van der Waals surface area (Å²) in [5.74, 6) is -4.00. The minimum Gasteiger partial charge on any atom is -0.480 e. The molecular weight excluding hydrogens is 462 g/mol. The highest BCUT2D eigenvalue weighted by Crippen LogP contribution is 2.06. The minimum atomic E-state index is -1.58. The summed E-state index contributed by atoms with van der Waals surface area (Å²) in [7, 11) is 0. The number of carboxylic acid groups (broad SMARTS) is 1. The smallest absolute Gasteiger partial charge is 0.328 e. The fraction of sp³-hybridized carbons (Fsp3) is 0.476. The maximum atomic E-state index is 13.1. The van der Waals surface area contributed by atoms with E-state index in [0.717, 1.165) is 0 Å². The van der Waals surface area contributed by atoms with E-state index < -0.39 is 61.1 Å². The van der Waals surface area contributed by atoms with Crippen molar-refractivity contribution < 1.29 is 34.5 Å². The van der Waals surface area contributed by atoms with Crippen LogP contribution >= 0.6 is 0 Å². The van der Waals surface area contributed by atoms with Crippen LogP contribution in [0.4, 0.5) is 0 Å². The normalized spacial score (nSPS) is 14.0. The first kappa shape index (κ1) is 29.3. The summed E-state index contributed by atoms with van der Waals surface area (Å²) in [4.78, 5) is 53.0. The van der Waals surface area contributed by atoms with E-state index in [4.69, 9.17) is 27.4 Å². The molecule has 14 heteroatoms. The van der Waals surface area contributed by atoms with Crippen LogP contribution in [0.25, 0.3) is 0 Å². The molecule has 12 N–H and O–H groups in total. The lowest BCUT2D eigenvalue weighted by Gasteiger charge is -2.25. The van der Waals surface area contributed by atoms with Crippen molar-refractivity contribution in [1.29, 1.82) is 0 Å². The third-order valence-electron chi connectivity index (χ3n) is 4.82. The first-order valence-electron chi connectivity index (χ1n) is 10.8. The molecule has 4 unspecified atom stereocenters. The van der Waals surface area contributed by atoms with E-state index in [1.165, 1.54) is 0 Å². The number of guanidine groups is 1. The Kier molecular flexibility index (Phi) is 12.7. The van der Waals surface area contributed by atoms with Crippen LogP contribution < -0.4 is 33.2 Å². The maximum Gasteiger partial charge on any atom is 0.328 e.